The molecule has 102 valence electrons. The third-order valence-electron chi connectivity index (χ3n) is 3.26. The van der Waals surface area contributed by atoms with Crippen LogP contribution in [0.1, 0.15) is 36.8 Å². The molecule has 1 N–H and O–H groups in total. The molecule has 5 nitrogen and oxygen atoms in total. The molecule has 2 heterocycles. The van der Waals surface area contributed by atoms with Crippen LogP contribution in [0.3, 0.4) is 0 Å². The van der Waals surface area contributed by atoms with E-state index in [4.69, 9.17) is 0 Å². The van der Waals surface area contributed by atoms with Crippen LogP contribution < -0.4 is 5.32 Å². The Morgan fingerprint density at radius 2 is 2.16 bits per heavy atom. The summed E-state index contributed by atoms with van der Waals surface area (Å²) in [5.41, 5.74) is 3.54. The van der Waals surface area contributed by atoms with Crippen molar-refractivity contribution in [2.75, 3.05) is 6.54 Å². The molecule has 0 bridgehead atoms. The maximum atomic E-state index is 4.50. The average Bonchev–Trinajstić information content (AvgIpc) is 2.80. The van der Waals surface area contributed by atoms with Crippen molar-refractivity contribution in [2.24, 2.45) is 7.05 Å². The summed E-state index contributed by atoms with van der Waals surface area (Å²) in [5.74, 6) is 0. The summed E-state index contributed by atoms with van der Waals surface area (Å²) < 4.78 is 1.97. The molecular formula is C14H21N5. The molecule has 0 saturated heterocycles. The largest absolute Gasteiger partial charge is 0.310 e. The van der Waals surface area contributed by atoms with Crippen LogP contribution in [0.4, 0.5) is 0 Å². The molecule has 0 spiro atoms. The predicted octanol–water partition coefficient (Wildman–Crippen LogP) is 1.67. The summed E-state index contributed by atoms with van der Waals surface area (Å²) in [6, 6.07) is 4.44. The van der Waals surface area contributed by atoms with E-state index in [1.807, 2.05) is 24.0 Å². The molecule has 0 radical (unpaired) electrons. The molecule has 0 aliphatic carbocycles. The first kappa shape index (κ1) is 13.7. The Labute approximate surface area is 114 Å². The van der Waals surface area contributed by atoms with Gasteiger partial charge in [-0.1, -0.05) is 13.8 Å². The van der Waals surface area contributed by atoms with Crippen LogP contribution in [-0.2, 0) is 19.9 Å². The molecule has 0 amide bonds. The lowest BCUT2D eigenvalue weighted by atomic mass is 10.0. The molecular weight excluding hydrogens is 238 g/mol. The molecule has 0 fully saturated rings. The lowest BCUT2D eigenvalue weighted by Gasteiger charge is -2.17. The molecule has 0 aromatic carbocycles. The Bertz CT molecular complexity index is 506. The minimum atomic E-state index is 0.251. The fourth-order valence-corrected chi connectivity index (χ4v) is 2.21. The van der Waals surface area contributed by atoms with Gasteiger partial charge in [0.25, 0.3) is 0 Å². The highest BCUT2D eigenvalue weighted by Gasteiger charge is 2.14. The van der Waals surface area contributed by atoms with Crippen LogP contribution in [-0.4, -0.2) is 26.5 Å². The van der Waals surface area contributed by atoms with E-state index >= 15 is 0 Å². The van der Waals surface area contributed by atoms with Gasteiger partial charge in [0.05, 0.1) is 11.9 Å². The van der Waals surface area contributed by atoms with Crippen molar-refractivity contribution in [2.45, 2.75) is 32.7 Å². The van der Waals surface area contributed by atoms with Gasteiger partial charge < -0.3 is 5.32 Å². The Morgan fingerprint density at radius 1 is 1.32 bits per heavy atom. The number of rotatable bonds is 6. The van der Waals surface area contributed by atoms with Gasteiger partial charge in [-0.2, -0.15) is 15.3 Å². The maximum absolute atomic E-state index is 4.50. The lowest BCUT2D eigenvalue weighted by Crippen LogP contribution is -2.24. The summed E-state index contributed by atoms with van der Waals surface area (Å²) in [4.78, 5) is 0. The standard InChI is InChI=1S/C14H21N5/c1-4-12-8-13(19(3)18-12)9-14(15-5-2)11-6-7-16-17-10-11/h6-8,10,14-15H,4-5,9H2,1-3H3. The average molecular weight is 259 g/mol. The van der Waals surface area contributed by atoms with Crippen molar-refractivity contribution < 1.29 is 0 Å². The second-order valence-electron chi connectivity index (χ2n) is 4.59. The van der Waals surface area contributed by atoms with Gasteiger partial charge in [0, 0.05) is 31.4 Å². The zero-order valence-electron chi connectivity index (χ0n) is 11.8. The molecule has 2 aromatic rings. The van der Waals surface area contributed by atoms with E-state index in [2.05, 4.69) is 40.5 Å². The Hall–Kier alpha value is -1.75. The van der Waals surface area contributed by atoms with E-state index in [0.717, 1.165) is 30.6 Å². The minimum absolute atomic E-state index is 0.251. The smallest absolute Gasteiger partial charge is 0.0624 e. The zero-order chi connectivity index (χ0) is 13.7. The van der Waals surface area contributed by atoms with Crippen molar-refractivity contribution in [1.29, 1.82) is 0 Å². The molecule has 0 aliphatic heterocycles. The van der Waals surface area contributed by atoms with Gasteiger partial charge in [-0.15, -0.1) is 0 Å². The molecule has 2 rings (SSSR count). The highest BCUT2D eigenvalue weighted by atomic mass is 15.3. The number of likely N-dealkylation sites (N-methyl/N-ethyl adjacent to an activating group) is 1. The first-order valence-corrected chi connectivity index (χ1v) is 6.76. The topological polar surface area (TPSA) is 55.6 Å². The van der Waals surface area contributed by atoms with E-state index in [-0.39, 0.29) is 6.04 Å². The summed E-state index contributed by atoms with van der Waals surface area (Å²) in [6.45, 7) is 5.16. The van der Waals surface area contributed by atoms with E-state index in [9.17, 15) is 0 Å². The Morgan fingerprint density at radius 3 is 2.74 bits per heavy atom. The van der Waals surface area contributed by atoms with E-state index in [1.54, 1.807) is 6.20 Å². The van der Waals surface area contributed by atoms with Crippen LogP contribution in [0.5, 0.6) is 0 Å². The molecule has 2 aromatic heterocycles. The Balaban J connectivity index is 2.18. The van der Waals surface area contributed by atoms with Gasteiger partial charge in [-0.05, 0) is 30.7 Å². The highest BCUT2D eigenvalue weighted by molar-refractivity contribution is 5.18. The monoisotopic (exact) mass is 259 g/mol. The maximum Gasteiger partial charge on any atom is 0.0624 e. The molecule has 5 heteroatoms. The third-order valence-corrected chi connectivity index (χ3v) is 3.26. The number of aromatic nitrogens is 4. The summed E-state index contributed by atoms with van der Waals surface area (Å²) in [7, 11) is 2.00. The predicted molar refractivity (Wildman–Crippen MR) is 74.7 cm³/mol. The van der Waals surface area contributed by atoms with Crippen molar-refractivity contribution >= 4 is 0 Å². The summed E-state index contributed by atoms with van der Waals surface area (Å²) in [5, 5.41) is 15.8. The van der Waals surface area contributed by atoms with Crippen molar-refractivity contribution in [3.8, 4) is 0 Å². The van der Waals surface area contributed by atoms with Gasteiger partial charge in [0.1, 0.15) is 0 Å². The zero-order valence-corrected chi connectivity index (χ0v) is 11.8. The SMILES string of the molecule is CCNC(Cc1cc(CC)nn1C)c1ccnnc1. The number of nitrogens with zero attached hydrogens (tertiary/aromatic N) is 4. The number of aryl methyl sites for hydroxylation is 2. The summed E-state index contributed by atoms with van der Waals surface area (Å²) >= 11 is 0. The summed E-state index contributed by atoms with van der Waals surface area (Å²) in [6.07, 6.45) is 5.43. The van der Waals surface area contributed by atoms with Gasteiger partial charge in [-0.25, -0.2) is 0 Å². The quantitative estimate of drug-likeness (QED) is 0.857. The fraction of sp³-hybridized carbons (Fsp3) is 0.500. The molecule has 1 unspecified atom stereocenters. The molecule has 1 atom stereocenters. The van der Waals surface area contributed by atoms with Crippen LogP contribution in [0.2, 0.25) is 0 Å². The minimum Gasteiger partial charge on any atom is -0.310 e. The van der Waals surface area contributed by atoms with Gasteiger partial charge in [-0.3, -0.25) is 4.68 Å². The highest BCUT2D eigenvalue weighted by Crippen LogP contribution is 2.17. The third kappa shape index (κ3) is 3.38. The van der Waals surface area contributed by atoms with E-state index in [0.29, 0.717) is 0 Å². The van der Waals surface area contributed by atoms with Crippen molar-refractivity contribution in [3.05, 3.63) is 41.5 Å². The molecule has 0 aliphatic rings. The lowest BCUT2D eigenvalue weighted by molar-refractivity contribution is 0.526. The normalized spacial score (nSPS) is 12.6. The first-order chi connectivity index (χ1) is 9.24. The van der Waals surface area contributed by atoms with Crippen LogP contribution >= 0.6 is 0 Å². The van der Waals surface area contributed by atoms with Gasteiger partial charge in [0.15, 0.2) is 0 Å². The number of nitrogens with one attached hydrogen (secondary N) is 1. The van der Waals surface area contributed by atoms with Gasteiger partial charge >= 0.3 is 0 Å². The van der Waals surface area contributed by atoms with Crippen molar-refractivity contribution in [3.63, 3.8) is 0 Å². The number of hydrogen-bond donors (Lipinski definition) is 1. The molecule has 19 heavy (non-hydrogen) atoms. The van der Waals surface area contributed by atoms with Gasteiger partial charge in [0.2, 0.25) is 0 Å². The number of hydrogen-bond acceptors (Lipinski definition) is 4. The van der Waals surface area contributed by atoms with Crippen LogP contribution in [0, 0.1) is 0 Å². The van der Waals surface area contributed by atoms with Crippen LogP contribution in [0.15, 0.2) is 24.5 Å². The van der Waals surface area contributed by atoms with Crippen molar-refractivity contribution in [1.82, 2.24) is 25.3 Å². The van der Waals surface area contributed by atoms with E-state index in [1.165, 1.54) is 5.69 Å². The first-order valence-electron chi connectivity index (χ1n) is 6.76. The Kier molecular flexibility index (Phi) is 4.63. The fourth-order valence-electron chi connectivity index (χ4n) is 2.21. The second-order valence-corrected chi connectivity index (χ2v) is 4.59. The molecule has 0 saturated carbocycles. The van der Waals surface area contributed by atoms with Crippen LogP contribution in [0.25, 0.3) is 0 Å². The van der Waals surface area contributed by atoms with E-state index < -0.39 is 0 Å². The second kappa shape index (κ2) is 6.43.